The number of non-ortho nitro benzene ring substituents is 1. The van der Waals surface area contributed by atoms with Crippen molar-refractivity contribution in [2.45, 2.75) is 32.2 Å². The Balaban J connectivity index is 1.62. The van der Waals surface area contributed by atoms with E-state index in [9.17, 15) is 14.9 Å². The van der Waals surface area contributed by atoms with Crippen molar-refractivity contribution in [3.05, 3.63) is 69.3 Å². The van der Waals surface area contributed by atoms with E-state index in [1.54, 1.807) is 24.1 Å². The van der Waals surface area contributed by atoms with Crippen LogP contribution in [0.2, 0.25) is 0 Å². The van der Waals surface area contributed by atoms with Crippen molar-refractivity contribution in [1.82, 2.24) is 4.90 Å². The van der Waals surface area contributed by atoms with Gasteiger partial charge in [-0.1, -0.05) is 18.2 Å². The van der Waals surface area contributed by atoms with Crippen molar-refractivity contribution in [1.29, 1.82) is 0 Å². The molecule has 1 atom stereocenters. The summed E-state index contributed by atoms with van der Waals surface area (Å²) in [4.78, 5) is 24.5. The van der Waals surface area contributed by atoms with Crippen LogP contribution in [0.15, 0.2) is 42.5 Å². The van der Waals surface area contributed by atoms with Crippen LogP contribution in [0, 0.1) is 10.1 Å². The molecule has 6 heteroatoms. The van der Waals surface area contributed by atoms with Gasteiger partial charge in [-0.25, -0.2) is 0 Å². The first-order valence-corrected chi connectivity index (χ1v) is 8.70. The predicted molar refractivity (Wildman–Crippen MR) is 98.2 cm³/mol. The summed E-state index contributed by atoms with van der Waals surface area (Å²) in [6.45, 7) is 1.78. The van der Waals surface area contributed by atoms with Gasteiger partial charge in [0.15, 0.2) is 6.61 Å². The summed E-state index contributed by atoms with van der Waals surface area (Å²) >= 11 is 0. The average Bonchev–Trinajstić information content (AvgIpc) is 3.12. The fraction of sp³-hybridized carbons (Fsp3) is 0.350. The van der Waals surface area contributed by atoms with E-state index in [0.29, 0.717) is 11.3 Å². The number of hydrogen-bond acceptors (Lipinski definition) is 4. The summed E-state index contributed by atoms with van der Waals surface area (Å²) in [7, 11) is 1.68. The largest absolute Gasteiger partial charge is 0.484 e. The molecule has 136 valence electrons. The SMILES string of the molecule is C[C@@H](c1cccc([N+](=O)[O-])c1)N(C)C(=O)COc1ccc2c(c1)CCC2. The van der Waals surface area contributed by atoms with Gasteiger partial charge in [0, 0.05) is 19.2 Å². The molecule has 6 nitrogen and oxygen atoms in total. The number of likely N-dealkylation sites (N-methyl/N-ethyl adjacent to an activating group) is 1. The van der Waals surface area contributed by atoms with Crippen LogP contribution in [0.3, 0.4) is 0 Å². The van der Waals surface area contributed by atoms with Crippen LogP contribution in [-0.2, 0) is 17.6 Å². The number of amides is 1. The normalized spacial score (nSPS) is 13.8. The van der Waals surface area contributed by atoms with Crippen molar-refractivity contribution in [3.63, 3.8) is 0 Å². The Hall–Kier alpha value is -2.89. The first-order chi connectivity index (χ1) is 12.5. The molecule has 0 radical (unpaired) electrons. The summed E-state index contributed by atoms with van der Waals surface area (Å²) in [5, 5.41) is 10.9. The van der Waals surface area contributed by atoms with Gasteiger partial charge in [-0.3, -0.25) is 14.9 Å². The Labute approximate surface area is 152 Å². The number of carbonyl (C=O) groups excluding carboxylic acids is 1. The number of hydrogen-bond donors (Lipinski definition) is 0. The number of fused-ring (bicyclic) bond motifs is 1. The minimum atomic E-state index is -0.436. The van der Waals surface area contributed by atoms with Gasteiger partial charge in [0.1, 0.15) is 5.75 Å². The Morgan fingerprint density at radius 2 is 2.00 bits per heavy atom. The van der Waals surface area contributed by atoms with Crippen LogP contribution in [0.4, 0.5) is 5.69 Å². The maximum absolute atomic E-state index is 12.5. The molecule has 2 aromatic rings. The van der Waals surface area contributed by atoms with Gasteiger partial charge in [0.25, 0.3) is 11.6 Å². The third kappa shape index (κ3) is 3.85. The molecule has 0 fully saturated rings. The minimum Gasteiger partial charge on any atom is -0.484 e. The van der Waals surface area contributed by atoms with Crippen LogP contribution in [0.1, 0.15) is 36.1 Å². The molecule has 26 heavy (non-hydrogen) atoms. The van der Waals surface area contributed by atoms with Crippen LogP contribution >= 0.6 is 0 Å². The fourth-order valence-corrected chi connectivity index (χ4v) is 3.22. The summed E-state index contributed by atoms with van der Waals surface area (Å²) in [5.41, 5.74) is 3.39. The zero-order valence-corrected chi connectivity index (χ0v) is 15.0. The van der Waals surface area contributed by atoms with Crippen molar-refractivity contribution >= 4 is 11.6 Å². The lowest BCUT2D eigenvalue weighted by molar-refractivity contribution is -0.384. The molecule has 1 aliphatic rings. The molecular weight excluding hydrogens is 332 g/mol. The minimum absolute atomic E-state index is 0.0181. The lowest BCUT2D eigenvalue weighted by atomic mass is 10.1. The van der Waals surface area contributed by atoms with Crippen LogP contribution in [0.5, 0.6) is 5.75 Å². The van der Waals surface area contributed by atoms with E-state index < -0.39 is 4.92 Å². The standard InChI is InChI=1S/C20H22N2O4/c1-14(16-6-4-8-18(11-16)22(24)25)21(2)20(23)13-26-19-10-9-15-5-3-7-17(15)12-19/h4,6,8-12,14H,3,5,7,13H2,1-2H3/t14-/m0/s1. The van der Waals surface area contributed by atoms with Crippen molar-refractivity contribution in [3.8, 4) is 5.75 Å². The quantitative estimate of drug-likeness (QED) is 0.586. The highest BCUT2D eigenvalue weighted by atomic mass is 16.6. The van der Waals surface area contributed by atoms with E-state index in [4.69, 9.17) is 4.74 Å². The van der Waals surface area contributed by atoms with Gasteiger partial charge < -0.3 is 9.64 Å². The summed E-state index contributed by atoms with van der Waals surface area (Å²) in [6.07, 6.45) is 3.34. The second kappa shape index (κ2) is 7.56. The van der Waals surface area contributed by atoms with Gasteiger partial charge in [-0.2, -0.15) is 0 Å². The summed E-state index contributed by atoms with van der Waals surface area (Å²) in [5.74, 6) is 0.528. The molecule has 0 bridgehead atoms. The molecule has 0 saturated heterocycles. The number of ether oxygens (including phenoxy) is 1. The molecule has 0 N–H and O–H groups in total. The maximum atomic E-state index is 12.5. The van der Waals surface area contributed by atoms with E-state index in [1.807, 2.05) is 19.1 Å². The number of nitrogens with zero attached hydrogens (tertiary/aromatic N) is 2. The first-order valence-electron chi connectivity index (χ1n) is 8.70. The van der Waals surface area contributed by atoms with Gasteiger partial charge in [0.05, 0.1) is 11.0 Å². The maximum Gasteiger partial charge on any atom is 0.269 e. The molecule has 0 spiro atoms. The third-order valence-electron chi connectivity index (χ3n) is 4.97. The van der Waals surface area contributed by atoms with E-state index in [-0.39, 0.29) is 24.2 Å². The highest BCUT2D eigenvalue weighted by Gasteiger charge is 2.20. The van der Waals surface area contributed by atoms with Crippen molar-refractivity contribution < 1.29 is 14.5 Å². The Morgan fingerprint density at radius 1 is 1.23 bits per heavy atom. The van der Waals surface area contributed by atoms with E-state index in [1.165, 1.54) is 29.7 Å². The van der Waals surface area contributed by atoms with Gasteiger partial charge in [-0.15, -0.1) is 0 Å². The molecule has 0 saturated carbocycles. The molecule has 3 rings (SSSR count). The smallest absolute Gasteiger partial charge is 0.269 e. The first kappa shape index (κ1) is 17.9. The molecule has 2 aromatic carbocycles. The Bertz CT molecular complexity index is 834. The number of rotatable bonds is 6. The third-order valence-corrected chi connectivity index (χ3v) is 4.97. The molecule has 0 unspecified atom stereocenters. The van der Waals surface area contributed by atoms with Crippen LogP contribution < -0.4 is 4.74 Å². The second-order valence-corrected chi connectivity index (χ2v) is 6.61. The Kier molecular flexibility index (Phi) is 5.21. The molecule has 0 aliphatic heterocycles. The summed E-state index contributed by atoms with van der Waals surface area (Å²) < 4.78 is 5.66. The molecule has 0 heterocycles. The second-order valence-electron chi connectivity index (χ2n) is 6.61. The predicted octanol–water partition coefficient (Wildman–Crippen LogP) is 3.68. The molecular formula is C20H22N2O4. The van der Waals surface area contributed by atoms with E-state index in [2.05, 4.69) is 6.07 Å². The van der Waals surface area contributed by atoms with Crippen LogP contribution in [0.25, 0.3) is 0 Å². The van der Waals surface area contributed by atoms with Crippen molar-refractivity contribution in [2.24, 2.45) is 0 Å². The van der Waals surface area contributed by atoms with E-state index in [0.717, 1.165) is 12.8 Å². The lowest BCUT2D eigenvalue weighted by Gasteiger charge is -2.25. The number of aryl methyl sites for hydroxylation is 2. The summed E-state index contributed by atoms with van der Waals surface area (Å²) in [6, 6.07) is 12.0. The van der Waals surface area contributed by atoms with Gasteiger partial charge >= 0.3 is 0 Å². The molecule has 1 amide bonds. The number of nitro benzene ring substituents is 1. The molecule has 1 aliphatic carbocycles. The van der Waals surface area contributed by atoms with E-state index >= 15 is 0 Å². The average molecular weight is 354 g/mol. The van der Waals surface area contributed by atoms with Gasteiger partial charge in [-0.05, 0) is 55.0 Å². The highest BCUT2D eigenvalue weighted by molar-refractivity contribution is 5.78. The molecule has 0 aromatic heterocycles. The monoisotopic (exact) mass is 354 g/mol. The number of carbonyl (C=O) groups is 1. The zero-order chi connectivity index (χ0) is 18.7. The Morgan fingerprint density at radius 3 is 2.77 bits per heavy atom. The lowest BCUT2D eigenvalue weighted by Crippen LogP contribution is -2.33. The topological polar surface area (TPSA) is 72.7 Å². The zero-order valence-electron chi connectivity index (χ0n) is 15.0. The number of benzene rings is 2. The highest BCUT2D eigenvalue weighted by Crippen LogP contribution is 2.26. The van der Waals surface area contributed by atoms with Gasteiger partial charge in [0.2, 0.25) is 0 Å². The number of nitro groups is 1. The van der Waals surface area contributed by atoms with Crippen molar-refractivity contribution in [2.75, 3.05) is 13.7 Å². The van der Waals surface area contributed by atoms with Crippen LogP contribution in [-0.4, -0.2) is 29.4 Å². The fourth-order valence-electron chi connectivity index (χ4n) is 3.22.